The summed E-state index contributed by atoms with van der Waals surface area (Å²) in [6, 6.07) is 25.5. The first-order valence-electron chi connectivity index (χ1n) is 10.8. The molecule has 0 saturated carbocycles. The molecule has 0 aliphatic carbocycles. The van der Waals surface area contributed by atoms with Gasteiger partial charge in [0, 0.05) is 18.9 Å². The van der Waals surface area contributed by atoms with E-state index in [1.807, 2.05) is 60.7 Å². The summed E-state index contributed by atoms with van der Waals surface area (Å²) >= 11 is 1.31. The Hall–Kier alpha value is -2.65. The third-order valence-corrected chi connectivity index (χ3v) is 8.79. The molecule has 2 N–H and O–H groups in total. The highest BCUT2D eigenvalue weighted by atomic mass is 32.2. The molecule has 0 spiro atoms. The van der Waals surface area contributed by atoms with E-state index in [-0.39, 0.29) is 30.0 Å². The lowest BCUT2D eigenvalue weighted by Gasteiger charge is -2.25. The van der Waals surface area contributed by atoms with Crippen molar-refractivity contribution in [3.05, 3.63) is 90.5 Å². The van der Waals surface area contributed by atoms with E-state index < -0.39 is 15.4 Å². The van der Waals surface area contributed by atoms with Crippen LogP contribution in [0, 0.1) is 0 Å². The second-order valence-corrected chi connectivity index (χ2v) is 10.8. The molecule has 1 heterocycles. The number of carbonyl (C=O) groups excluding carboxylic acids is 1. The highest BCUT2D eigenvalue weighted by molar-refractivity contribution is 8.02. The minimum atomic E-state index is -3.84. The van der Waals surface area contributed by atoms with Crippen LogP contribution in [0.3, 0.4) is 0 Å². The van der Waals surface area contributed by atoms with E-state index in [1.165, 1.54) is 16.1 Å². The minimum absolute atomic E-state index is 0.0899. The van der Waals surface area contributed by atoms with E-state index in [9.17, 15) is 18.3 Å². The predicted molar refractivity (Wildman–Crippen MR) is 131 cm³/mol. The molecule has 0 aromatic heterocycles. The summed E-state index contributed by atoms with van der Waals surface area (Å²) in [7, 11) is -3.84. The second-order valence-electron chi connectivity index (χ2n) is 7.71. The standard InChI is InChI=1S/C25H26N2O4S2/c28-17-15-23(21-9-5-2-6-10-21)26-24(29)25-27(16-18-32-25)33(30,31)22-13-11-20(12-14-22)19-7-3-1-4-8-19/h1-14,23,25,28H,15-18H2,(H,26,29)/t23-,25?/m1/s1. The van der Waals surface area contributed by atoms with Gasteiger partial charge in [-0.25, -0.2) is 8.42 Å². The minimum Gasteiger partial charge on any atom is -0.396 e. The Morgan fingerprint density at radius 2 is 1.58 bits per heavy atom. The lowest BCUT2D eigenvalue weighted by Crippen LogP contribution is -2.45. The first kappa shape index (κ1) is 23.5. The molecule has 2 atom stereocenters. The number of rotatable bonds is 8. The Morgan fingerprint density at radius 1 is 0.970 bits per heavy atom. The molecule has 1 saturated heterocycles. The van der Waals surface area contributed by atoms with Crippen LogP contribution in [0.2, 0.25) is 0 Å². The summed E-state index contributed by atoms with van der Waals surface area (Å²) in [5.41, 5.74) is 2.80. The second kappa shape index (κ2) is 10.5. The van der Waals surface area contributed by atoms with Crippen molar-refractivity contribution in [1.29, 1.82) is 0 Å². The fraction of sp³-hybridized carbons (Fsp3) is 0.240. The predicted octanol–water partition coefficient (Wildman–Crippen LogP) is 3.66. The maximum Gasteiger partial charge on any atom is 0.249 e. The van der Waals surface area contributed by atoms with Crippen LogP contribution in [0.25, 0.3) is 11.1 Å². The molecular formula is C25H26N2O4S2. The van der Waals surface area contributed by atoms with Crippen LogP contribution in [-0.2, 0) is 14.8 Å². The number of nitrogens with zero attached hydrogens (tertiary/aromatic N) is 1. The molecule has 3 aromatic rings. The number of hydrogen-bond acceptors (Lipinski definition) is 5. The maximum absolute atomic E-state index is 13.4. The average Bonchev–Trinajstić information content (AvgIpc) is 3.36. The molecule has 1 aliphatic rings. The topological polar surface area (TPSA) is 86.7 Å². The monoisotopic (exact) mass is 482 g/mol. The van der Waals surface area contributed by atoms with Gasteiger partial charge in [0.1, 0.15) is 5.37 Å². The molecule has 1 unspecified atom stereocenters. The summed E-state index contributed by atoms with van der Waals surface area (Å²) in [6.07, 6.45) is 0.348. The molecular weight excluding hydrogens is 456 g/mol. The molecule has 1 aliphatic heterocycles. The molecule has 172 valence electrons. The quantitative estimate of drug-likeness (QED) is 0.512. The highest BCUT2D eigenvalue weighted by Crippen LogP contribution is 2.32. The van der Waals surface area contributed by atoms with E-state index in [0.717, 1.165) is 16.7 Å². The number of carbonyl (C=O) groups is 1. The Morgan fingerprint density at radius 3 is 2.21 bits per heavy atom. The van der Waals surface area contributed by atoms with Crippen LogP contribution in [0.15, 0.2) is 89.8 Å². The van der Waals surface area contributed by atoms with Gasteiger partial charge in [-0.3, -0.25) is 4.79 Å². The van der Waals surface area contributed by atoms with Gasteiger partial charge in [-0.15, -0.1) is 11.8 Å². The van der Waals surface area contributed by atoms with Gasteiger partial charge in [-0.1, -0.05) is 72.8 Å². The zero-order valence-electron chi connectivity index (χ0n) is 18.0. The average molecular weight is 483 g/mol. The van der Waals surface area contributed by atoms with E-state index in [0.29, 0.717) is 12.2 Å². The summed E-state index contributed by atoms with van der Waals surface area (Å²) in [5, 5.41) is 11.5. The number of aliphatic hydroxyl groups is 1. The third-order valence-electron chi connectivity index (χ3n) is 5.58. The van der Waals surface area contributed by atoms with Gasteiger partial charge in [-0.05, 0) is 35.2 Å². The molecule has 4 rings (SSSR count). The summed E-state index contributed by atoms with van der Waals surface area (Å²) < 4.78 is 28.0. The van der Waals surface area contributed by atoms with Crippen molar-refractivity contribution < 1.29 is 18.3 Å². The van der Waals surface area contributed by atoms with Gasteiger partial charge in [0.05, 0.1) is 10.9 Å². The van der Waals surface area contributed by atoms with Crippen molar-refractivity contribution >= 4 is 27.7 Å². The van der Waals surface area contributed by atoms with Crippen LogP contribution < -0.4 is 5.32 Å². The SMILES string of the molecule is O=C(N[C@H](CCO)c1ccccc1)C1SCCN1S(=O)(=O)c1ccc(-c2ccccc2)cc1. The van der Waals surface area contributed by atoms with Crippen molar-refractivity contribution in [3.63, 3.8) is 0 Å². The zero-order chi connectivity index (χ0) is 23.3. The first-order valence-corrected chi connectivity index (χ1v) is 13.2. The molecule has 3 aromatic carbocycles. The summed E-state index contributed by atoms with van der Waals surface area (Å²) in [6.45, 7) is 0.176. The largest absolute Gasteiger partial charge is 0.396 e. The maximum atomic E-state index is 13.4. The Kier molecular flexibility index (Phi) is 7.49. The van der Waals surface area contributed by atoms with E-state index in [4.69, 9.17) is 0 Å². The Balaban J connectivity index is 1.52. The highest BCUT2D eigenvalue weighted by Gasteiger charge is 2.40. The third kappa shape index (κ3) is 5.30. The van der Waals surface area contributed by atoms with Gasteiger partial charge in [0.2, 0.25) is 15.9 Å². The zero-order valence-corrected chi connectivity index (χ0v) is 19.6. The molecule has 0 radical (unpaired) electrons. The summed E-state index contributed by atoms with van der Waals surface area (Å²) in [4.78, 5) is 13.3. The Labute approximate surface area is 198 Å². The first-order chi connectivity index (χ1) is 16.0. The van der Waals surface area contributed by atoms with Gasteiger partial charge in [0.25, 0.3) is 0 Å². The molecule has 1 amide bonds. The van der Waals surface area contributed by atoms with Crippen LogP contribution in [-0.4, -0.2) is 48.0 Å². The van der Waals surface area contributed by atoms with Crippen LogP contribution in [0.1, 0.15) is 18.0 Å². The number of hydrogen-bond donors (Lipinski definition) is 2. The van der Waals surface area contributed by atoms with Gasteiger partial charge in [0.15, 0.2) is 0 Å². The van der Waals surface area contributed by atoms with Crippen molar-refractivity contribution in [2.45, 2.75) is 22.7 Å². The molecule has 6 nitrogen and oxygen atoms in total. The lowest BCUT2D eigenvalue weighted by molar-refractivity contribution is -0.123. The smallest absolute Gasteiger partial charge is 0.249 e. The summed E-state index contributed by atoms with van der Waals surface area (Å²) in [5.74, 6) is 0.166. The molecule has 8 heteroatoms. The van der Waals surface area contributed by atoms with Crippen LogP contribution >= 0.6 is 11.8 Å². The molecule has 1 fully saturated rings. The van der Waals surface area contributed by atoms with Crippen molar-refractivity contribution in [2.75, 3.05) is 18.9 Å². The van der Waals surface area contributed by atoms with E-state index in [2.05, 4.69) is 5.32 Å². The fourth-order valence-corrected chi connectivity index (χ4v) is 6.96. The lowest BCUT2D eigenvalue weighted by atomic mass is 10.0. The van der Waals surface area contributed by atoms with Crippen LogP contribution in [0.4, 0.5) is 0 Å². The fourth-order valence-electron chi connectivity index (χ4n) is 3.87. The van der Waals surface area contributed by atoms with Crippen molar-refractivity contribution in [3.8, 4) is 11.1 Å². The number of sulfonamides is 1. The number of aliphatic hydroxyl groups excluding tert-OH is 1. The molecule has 33 heavy (non-hydrogen) atoms. The number of amides is 1. The van der Waals surface area contributed by atoms with E-state index >= 15 is 0 Å². The number of benzene rings is 3. The van der Waals surface area contributed by atoms with E-state index in [1.54, 1.807) is 24.3 Å². The van der Waals surface area contributed by atoms with Gasteiger partial charge >= 0.3 is 0 Å². The van der Waals surface area contributed by atoms with Gasteiger partial charge < -0.3 is 10.4 Å². The van der Waals surface area contributed by atoms with Crippen molar-refractivity contribution in [1.82, 2.24) is 9.62 Å². The van der Waals surface area contributed by atoms with Crippen molar-refractivity contribution in [2.24, 2.45) is 0 Å². The number of thioether (sulfide) groups is 1. The van der Waals surface area contributed by atoms with Gasteiger partial charge in [-0.2, -0.15) is 4.31 Å². The normalized spacial score (nSPS) is 17.5. The Bertz CT molecular complexity index is 1170. The van der Waals surface area contributed by atoms with Crippen LogP contribution in [0.5, 0.6) is 0 Å². The number of nitrogens with one attached hydrogen (secondary N) is 1. The molecule has 0 bridgehead atoms.